The zero-order valence-corrected chi connectivity index (χ0v) is 29.1. The number of aromatic nitrogens is 4. The molecule has 17 heteroatoms. The molecule has 0 radical (unpaired) electrons. The van der Waals surface area contributed by atoms with Gasteiger partial charge < -0.3 is 24.6 Å². The largest absolute Gasteiger partial charge is 0.473 e. The number of rotatable bonds is 8. The van der Waals surface area contributed by atoms with Crippen LogP contribution in [0.4, 0.5) is 19.3 Å². The summed E-state index contributed by atoms with van der Waals surface area (Å²) < 4.78 is 71.0. The number of benzene rings is 1. The fourth-order valence-electron chi connectivity index (χ4n) is 6.04. The molecule has 1 aliphatic carbocycles. The second-order valence-electron chi connectivity index (χ2n) is 14.4. The topological polar surface area (TPSA) is 144 Å². The second-order valence-corrected chi connectivity index (χ2v) is 17.0. The van der Waals surface area contributed by atoms with Gasteiger partial charge in [-0.25, -0.2) is 31.4 Å². The molecule has 1 aromatic carbocycles. The molecule has 2 aliphatic heterocycles. The van der Waals surface area contributed by atoms with Crippen LogP contribution in [0.15, 0.2) is 17.0 Å². The van der Waals surface area contributed by atoms with Gasteiger partial charge in [0.1, 0.15) is 11.7 Å². The van der Waals surface area contributed by atoms with Gasteiger partial charge in [0.25, 0.3) is 6.43 Å². The number of nitrogens with zero attached hydrogens (tertiary/aromatic N) is 6. The van der Waals surface area contributed by atoms with Crippen LogP contribution in [0.3, 0.4) is 0 Å². The van der Waals surface area contributed by atoms with Crippen LogP contribution in [0.2, 0.25) is 0 Å². The van der Waals surface area contributed by atoms with Crippen molar-refractivity contribution >= 4 is 44.0 Å². The first kappa shape index (κ1) is 33.7. The maximum Gasteiger partial charge on any atom is 0.410 e. The van der Waals surface area contributed by atoms with Crippen LogP contribution in [0, 0.1) is 0 Å². The van der Waals surface area contributed by atoms with E-state index < -0.39 is 44.2 Å². The summed E-state index contributed by atoms with van der Waals surface area (Å²) in [6, 6.07) is 3.13. The number of alkyl halides is 2. The van der Waals surface area contributed by atoms with Gasteiger partial charge in [0.15, 0.2) is 5.01 Å². The monoisotopic (exact) mass is 696 g/mol. The number of sulfonamides is 1. The minimum absolute atomic E-state index is 0.0322. The number of halogens is 2. The standard InChI is InChI=1S/C30H42F2N8O5S2/c1-28(2,3)45-27(41)39-12-7-18(17-29(39,4)5)44-24-22-20(38-13-10-33-11-14-38)15-19(47(42,43)37-30(6)8-9-30)16-21(22)40(36-24)26-35-34-25(46-26)23(31)32/h15-16,18,23,33,37H,7-14,17H2,1-6H3. The lowest BCUT2D eigenvalue weighted by atomic mass is 9.89. The van der Waals surface area contributed by atoms with Crippen molar-refractivity contribution in [3.05, 3.63) is 17.1 Å². The number of hydrogen-bond donors (Lipinski definition) is 2. The molecule has 3 aliphatic rings. The molecule has 1 saturated carbocycles. The van der Waals surface area contributed by atoms with E-state index in [-0.39, 0.29) is 22.0 Å². The molecule has 6 rings (SSSR count). The number of amides is 1. The number of hydrogen-bond acceptors (Lipinski definition) is 11. The van der Waals surface area contributed by atoms with E-state index in [0.29, 0.717) is 73.5 Å². The van der Waals surface area contributed by atoms with Gasteiger partial charge in [-0.05, 0) is 66.5 Å². The number of piperidine rings is 1. The average molecular weight is 697 g/mol. The Balaban J connectivity index is 1.44. The Kier molecular flexibility index (Phi) is 8.67. The molecular formula is C30H42F2N8O5S2. The Morgan fingerprint density at radius 3 is 2.43 bits per heavy atom. The maximum absolute atomic E-state index is 13.7. The van der Waals surface area contributed by atoms with Crippen molar-refractivity contribution in [1.82, 2.24) is 34.9 Å². The molecule has 4 heterocycles. The summed E-state index contributed by atoms with van der Waals surface area (Å²) in [6.07, 6.45) is -1.16. The van der Waals surface area contributed by atoms with Crippen molar-refractivity contribution in [1.29, 1.82) is 0 Å². The van der Waals surface area contributed by atoms with Crippen molar-refractivity contribution in [2.24, 2.45) is 0 Å². The Bertz CT molecular complexity index is 1760. The van der Waals surface area contributed by atoms with Gasteiger partial charge in [-0.2, -0.15) is 0 Å². The van der Waals surface area contributed by atoms with Crippen molar-refractivity contribution in [3.63, 3.8) is 0 Å². The molecule has 3 fully saturated rings. The Morgan fingerprint density at radius 1 is 1.13 bits per heavy atom. The lowest BCUT2D eigenvalue weighted by Crippen LogP contribution is -2.56. The van der Waals surface area contributed by atoms with E-state index in [1.165, 1.54) is 10.7 Å². The first-order valence-corrected chi connectivity index (χ1v) is 18.1. The maximum atomic E-state index is 13.7. The number of likely N-dealkylation sites (tertiary alicyclic amines) is 1. The zero-order valence-electron chi connectivity index (χ0n) is 27.5. The number of nitrogens with one attached hydrogen (secondary N) is 2. The molecule has 2 saturated heterocycles. The molecule has 258 valence electrons. The normalized spacial score (nSPS) is 21.3. The van der Waals surface area contributed by atoms with Gasteiger partial charge in [0.05, 0.1) is 21.5 Å². The van der Waals surface area contributed by atoms with Crippen molar-refractivity contribution in [2.75, 3.05) is 37.6 Å². The van der Waals surface area contributed by atoms with Gasteiger partial charge in [-0.3, -0.25) is 0 Å². The highest BCUT2D eigenvalue weighted by atomic mass is 32.2. The quantitative estimate of drug-likeness (QED) is 0.343. The van der Waals surface area contributed by atoms with Crippen LogP contribution in [-0.2, 0) is 14.8 Å². The van der Waals surface area contributed by atoms with Crippen molar-refractivity contribution in [2.45, 2.75) is 101 Å². The first-order valence-electron chi connectivity index (χ1n) is 15.8. The summed E-state index contributed by atoms with van der Waals surface area (Å²) >= 11 is 0.677. The summed E-state index contributed by atoms with van der Waals surface area (Å²) in [7, 11) is -3.95. The number of piperazine rings is 1. The van der Waals surface area contributed by atoms with Crippen LogP contribution in [0.1, 0.15) is 78.7 Å². The summed E-state index contributed by atoms with van der Waals surface area (Å²) in [5, 5.41) is 15.8. The number of carbonyl (C=O) groups is 1. The van der Waals surface area contributed by atoms with Gasteiger partial charge in [-0.15, -0.1) is 15.3 Å². The first-order chi connectivity index (χ1) is 21.9. The predicted molar refractivity (Wildman–Crippen MR) is 173 cm³/mol. The van der Waals surface area contributed by atoms with Crippen molar-refractivity contribution in [3.8, 4) is 11.0 Å². The van der Waals surface area contributed by atoms with Crippen LogP contribution in [0.5, 0.6) is 5.88 Å². The highest BCUT2D eigenvalue weighted by Gasteiger charge is 2.43. The number of fused-ring (bicyclic) bond motifs is 1. The van der Waals surface area contributed by atoms with E-state index in [1.807, 2.05) is 41.5 Å². The predicted octanol–water partition coefficient (Wildman–Crippen LogP) is 4.61. The van der Waals surface area contributed by atoms with E-state index in [9.17, 15) is 22.0 Å². The molecule has 0 bridgehead atoms. The lowest BCUT2D eigenvalue weighted by Gasteiger charge is -2.45. The fourth-order valence-corrected chi connectivity index (χ4v) is 8.21. The molecule has 2 aromatic heterocycles. The van der Waals surface area contributed by atoms with Crippen LogP contribution < -0.4 is 19.7 Å². The summed E-state index contributed by atoms with van der Waals surface area (Å²) in [5.41, 5.74) is -0.804. The molecule has 3 aromatic rings. The SMILES string of the molecule is CC1(NS(=O)(=O)c2cc(N3CCNCC3)c3c(OC4CCN(C(=O)OC(C)(C)C)C(C)(C)C4)nn(-c4nnc(C(F)F)s4)c3c2)CC1. The number of anilines is 1. The van der Waals surface area contributed by atoms with Gasteiger partial charge in [0.2, 0.25) is 21.0 Å². The molecule has 0 spiro atoms. The summed E-state index contributed by atoms with van der Waals surface area (Å²) in [6.45, 7) is 14.2. The third-order valence-corrected chi connectivity index (χ3v) is 11.2. The fraction of sp³-hybridized carbons (Fsp3) is 0.667. The lowest BCUT2D eigenvalue weighted by molar-refractivity contribution is -0.0267. The summed E-state index contributed by atoms with van der Waals surface area (Å²) in [5.74, 6) is 0.222. The average Bonchev–Trinajstić information content (AvgIpc) is 3.34. The molecule has 1 unspecified atom stereocenters. The highest BCUT2D eigenvalue weighted by Crippen LogP contribution is 2.42. The van der Waals surface area contributed by atoms with E-state index in [4.69, 9.17) is 14.6 Å². The minimum Gasteiger partial charge on any atom is -0.473 e. The molecular weight excluding hydrogens is 655 g/mol. The van der Waals surface area contributed by atoms with Crippen LogP contribution in [0.25, 0.3) is 16.0 Å². The van der Waals surface area contributed by atoms with E-state index in [1.54, 1.807) is 11.0 Å². The van der Waals surface area contributed by atoms with E-state index in [2.05, 4.69) is 25.1 Å². The number of ether oxygens (including phenoxy) is 2. The molecule has 2 N–H and O–H groups in total. The third kappa shape index (κ3) is 7.17. The van der Waals surface area contributed by atoms with Gasteiger partial charge in [0, 0.05) is 56.6 Å². The zero-order chi connectivity index (χ0) is 33.9. The minimum atomic E-state index is -3.95. The second kappa shape index (κ2) is 12.1. The van der Waals surface area contributed by atoms with Gasteiger partial charge in [-0.1, -0.05) is 11.3 Å². The van der Waals surface area contributed by atoms with E-state index in [0.717, 1.165) is 12.8 Å². The van der Waals surface area contributed by atoms with Crippen LogP contribution >= 0.6 is 11.3 Å². The number of carbonyl (C=O) groups excluding carboxylic acids is 1. The Labute approximate surface area is 277 Å². The smallest absolute Gasteiger partial charge is 0.410 e. The Morgan fingerprint density at radius 2 is 1.83 bits per heavy atom. The van der Waals surface area contributed by atoms with Crippen molar-refractivity contribution < 1.29 is 31.5 Å². The van der Waals surface area contributed by atoms with Crippen LogP contribution in [-0.4, -0.2) is 94.9 Å². The molecule has 47 heavy (non-hydrogen) atoms. The summed E-state index contributed by atoms with van der Waals surface area (Å²) in [4.78, 5) is 16.8. The van der Waals surface area contributed by atoms with E-state index >= 15 is 0 Å². The Hall–Kier alpha value is -3.15. The van der Waals surface area contributed by atoms with Gasteiger partial charge >= 0.3 is 6.09 Å². The molecule has 1 amide bonds. The molecule has 1 atom stereocenters. The molecule has 13 nitrogen and oxygen atoms in total. The highest BCUT2D eigenvalue weighted by molar-refractivity contribution is 7.89. The third-order valence-electron chi connectivity index (χ3n) is 8.67.